The van der Waals surface area contributed by atoms with Crippen LogP contribution in [0.4, 0.5) is 22.7 Å². The number of aliphatic imine (C=N–C) groups is 1. The van der Waals surface area contributed by atoms with E-state index in [0.29, 0.717) is 89.4 Å². The van der Waals surface area contributed by atoms with Gasteiger partial charge in [0.2, 0.25) is 11.8 Å². The van der Waals surface area contributed by atoms with Gasteiger partial charge in [-0.2, -0.15) is 0 Å². The number of ether oxygens (including phenoxy) is 4. The highest BCUT2D eigenvalue weighted by Gasteiger charge is 2.39. The van der Waals surface area contributed by atoms with Crippen LogP contribution in [0.3, 0.4) is 0 Å². The number of benzene rings is 5. The van der Waals surface area contributed by atoms with Gasteiger partial charge in [-0.15, -0.1) is 0 Å². The number of Topliss-reactive ketones (excluding diaryl/α,β-unsaturated/α-hetero) is 2. The van der Waals surface area contributed by atoms with Gasteiger partial charge in [-0.3, -0.25) is 43.5 Å². The second-order valence-electron chi connectivity index (χ2n) is 20.4. The lowest BCUT2D eigenvalue weighted by atomic mass is 9.79. The van der Waals surface area contributed by atoms with Gasteiger partial charge in [-0.05, 0) is 134 Å². The fourth-order valence-electron chi connectivity index (χ4n) is 11.3. The first-order valence-corrected chi connectivity index (χ1v) is 26.1. The van der Waals surface area contributed by atoms with Crippen molar-refractivity contribution in [2.75, 3.05) is 35.9 Å². The van der Waals surface area contributed by atoms with Crippen molar-refractivity contribution in [3.05, 3.63) is 136 Å². The highest BCUT2D eigenvalue weighted by molar-refractivity contribution is 6.15. The number of ketones is 2. The van der Waals surface area contributed by atoms with E-state index < -0.39 is 11.8 Å². The molecular formula is C60H61N5O11. The third kappa shape index (κ3) is 11.0. The molecule has 0 saturated heterocycles. The van der Waals surface area contributed by atoms with Gasteiger partial charge in [0.1, 0.15) is 24.7 Å². The number of anilines is 3. The Morgan fingerprint density at radius 3 is 2.03 bits per heavy atom. The summed E-state index contributed by atoms with van der Waals surface area (Å²) < 4.78 is 23.6. The molecule has 1 aliphatic carbocycles. The minimum atomic E-state index is -0.430. The number of nitrogens with one attached hydrogen (secondary N) is 2. The highest BCUT2D eigenvalue weighted by Crippen LogP contribution is 2.42. The van der Waals surface area contributed by atoms with E-state index in [1.54, 1.807) is 29.2 Å². The fourth-order valence-corrected chi connectivity index (χ4v) is 11.3. The standard InChI is InChI=1S/C60H61N5O11/c1-35-22-48-49(61-31-45-27-42-9-5-7-11-51(42)65(45)59(48)71)30-53(35)75-33-36-23-37(34-76-55-28-40-16-17-44-26-41-8-4-6-10-50(41)64(44)58(70)47(40)29-54(55)73-2)25-43(24-36)63-57(69)20-18-46(66)32-62-56(68)21-19-52(67)38-12-14-39(15-13-38)60(72)74-3/h4-11,22-25,28-31,38-39,44-45H,12-21,26-27,32-34H2,1-3H3,(H,62,68)(H,63,69)/t38?,39?,44-,45+/m1/s1. The number of carbonyl (C=O) groups is 7. The quantitative estimate of drug-likeness (QED) is 0.0796. The number of para-hydroxylation sites is 2. The number of aryl methyl sites for hydroxylation is 2. The molecule has 10 rings (SSSR count). The maximum absolute atomic E-state index is 14.1. The third-order valence-corrected chi connectivity index (χ3v) is 15.4. The van der Waals surface area contributed by atoms with Crippen molar-refractivity contribution in [2.24, 2.45) is 16.8 Å². The molecule has 4 aliphatic heterocycles. The predicted molar refractivity (Wildman–Crippen MR) is 285 cm³/mol. The lowest BCUT2D eigenvalue weighted by Gasteiger charge is -2.25. The Kier molecular flexibility index (Phi) is 15.1. The van der Waals surface area contributed by atoms with Crippen molar-refractivity contribution in [1.29, 1.82) is 0 Å². The smallest absolute Gasteiger partial charge is 0.308 e. The summed E-state index contributed by atoms with van der Waals surface area (Å²) >= 11 is 0. The molecule has 4 heterocycles. The van der Waals surface area contributed by atoms with E-state index in [1.165, 1.54) is 14.2 Å². The van der Waals surface area contributed by atoms with Gasteiger partial charge in [0, 0.05) is 79.0 Å². The molecule has 0 unspecified atom stereocenters. The van der Waals surface area contributed by atoms with Crippen LogP contribution in [0.2, 0.25) is 0 Å². The molecule has 5 aromatic rings. The first kappa shape index (κ1) is 51.4. The van der Waals surface area contributed by atoms with Gasteiger partial charge < -0.3 is 34.5 Å². The fraction of sp³-hybridized carbons (Fsp3) is 0.367. The molecule has 0 bridgehead atoms. The van der Waals surface area contributed by atoms with Crippen LogP contribution in [0.25, 0.3) is 0 Å². The van der Waals surface area contributed by atoms with Crippen molar-refractivity contribution in [3.63, 3.8) is 0 Å². The molecule has 5 aromatic carbocycles. The van der Waals surface area contributed by atoms with Crippen LogP contribution in [0.1, 0.15) is 112 Å². The Hall–Kier alpha value is -8.14. The minimum Gasteiger partial charge on any atom is -0.493 e. The van der Waals surface area contributed by atoms with Gasteiger partial charge in [0.25, 0.3) is 11.8 Å². The van der Waals surface area contributed by atoms with E-state index in [2.05, 4.69) is 16.7 Å². The summed E-state index contributed by atoms with van der Waals surface area (Å²) in [7, 11) is 2.89. The van der Waals surface area contributed by atoms with E-state index >= 15 is 0 Å². The number of rotatable bonds is 18. The lowest BCUT2D eigenvalue weighted by molar-refractivity contribution is -0.147. The van der Waals surface area contributed by atoms with Crippen LogP contribution < -0.4 is 34.6 Å². The van der Waals surface area contributed by atoms with Crippen LogP contribution in [-0.4, -0.2) is 80.2 Å². The molecule has 1 fully saturated rings. The van der Waals surface area contributed by atoms with E-state index in [9.17, 15) is 33.6 Å². The summed E-state index contributed by atoms with van der Waals surface area (Å²) in [6.07, 6.45) is 6.75. The number of carbonyl (C=O) groups excluding carboxylic acids is 7. The predicted octanol–water partition coefficient (Wildman–Crippen LogP) is 8.70. The molecule has 5 aliphatic rings. The second kappa shape index (κ2) is 22.4. The summed E-state index contributed by atoms with van der Waals surface area (Å²) in [5.74, 6) is -0.707. The van der Waals surface area contributed by atoms with E-state index in [0.717, 1.165) is 46.5 Å². The average molecular weight is 1030 g/mol. The Bertz CT molecular complexity index is 3180. The van der Waals surface area contributed by atoms with Gasteiger partial charge in [0.05, 0.1) is 44.0 Å². The van der Waals surface area contributed by atoms with Crippen LogP contribution in [-0.2, 0) is 61.2 Å². The molecule has 0 radical (unpaired) electrons. The molecule has 2 atom stereocenters. The molecule has 0 aromatic heterocycles. The van der Waals surface area contributed by atoms with Crippen molar-refractivity contribution in [2.45, 2.75) is 109 Å². The van der Waals surface area contributed by atoms with Crippen LogP contribution in [0, 0.1) is 18.8 Å². The summed E-state index contributed by atoms with van der Waals surface area (Å²) in [6.45, 7) is 1.72. The number of esters is 1. The van der Waals surface area contributed by atoms with Crippen LogP contribution in [0.15, 0.2) is 96.0 Å². The first-order chi connectivity index (χ1) is 36.8. The molecule has 16 heteroatoms. The van der Waals surface area contributed by atoms with Gasteiger partial charge in [-0.25, -0.2) is 0 Å². The number of amides is 4. The number of hydrogen-bond acceptors (Lipinski definition) is 12. The number of nitrogens with zero attached hydrogens (tertiary/aromatic N) is 3. The molecule has 0 spiro atoms. The molecule has 76 heavy (non-hydrogen) atoms. The zero-order valence-electron chi connectivity index (χ0n) is 43.0. The molecule has 2 N–H and O–H groups in total. The average Bonchev–Trinajstić information content (AvgIpc) is 3.97. The Morgan fingerprint density at radius 1 is 0.645 bits per heavy atom. The highest BCUT2D eigenvalue weighted by atomic mass is 16.5. The lowest BCUT2D eigenvalue weighted by Crippen LogP contribution is -2.37. The summed E-state index contributed by atoms with van der Waals surface area (Å²) in [5, 5.41) is 5.51. The molecular weight excluding hydrogens is 967 g/mol. The minimum absolute atomic E-state index is 0.0331. The van der Waals surface area contributed by atoms with Crippen LogP contribution in [0.5, 0.6) is 17.2 Å². The SMILES string of the molecule is COC(=O)C1CCC(C(=O)CCC(=O)NCC(=O)CCC(=O)Nc2cc(COc3cc4c(cc3C)C(=O)N3c5ccccc5C[C@H]3C=N4)cc(COc3cc4c(cc3OC)C(=O)N3c5ccccc5C[C@H]3CC4)c2)CC1. The molecule has 4 amide bonds. The number of methoxy groups -OCH3 is 2. The van der Waals surface area contributed by atoms with Crippen LogP contribution >= 0.6 is 0 Å². The van der Waals surface area contributed by atoms with Gasteiger partial charge in [-0.1, -0.05) is 36.4 Å². The Morgan fingerprint density at radius 2 is 1.30 bits per heavy atom. The number of fused-ring (bicyclic) bond motifs is 8. The van der Waals surface area contributed by atoms with Gasteiger partial charge in [0.15, 0.2) is 17.3 Å². The normalized spacial score (nSPS) is 18.9. The summed E-state index contributed by atoms with van der Waals surface area (Å²) in [6, 6.07) is 28.5. The monoisotopic (exact) mass is 1030 g/mol. The molecule has 1 saturated carbocycles. The van der Waals surface area contributed by atoms with E-state index in [1.807, 2.05) is 78.7 Å². The zero-order chi connectivity index (χ0) is 53.0. The third-order valence-electron chi connectivity index (χ3n) is 15.4. The van der Waals surface area contributed by atoms with Crippen molar-refractivity contribution < 1.29 is 52.5 Å². The van der Waals surface area contributed by atoms with Crippen molar-refractivity contribution in [3.8, 4) is 17.2 Å². The Balaban J connectivity index is 0.806. The van der Waals surface area contributed by atoms with E-state index in [4.69, 9.17) is 23.9 Å². The number of hydrogen-bond donors (Lipinski definition) is 2. The first-order valence-electron chi connectivity index (χ1n) is 26.1. The van der Waals surface area contributed by atoms with E-state index in [-0.39, 0.29) is 98.7 Å². The van der Waals surface area contributed by atoms with Gasteiger partial charge >= 0.3 is 5.97 Å². The maximum atomic E-state index is 14.1. The zero-order valence-corrected chi connectivity index (χ0v) is 43.0. The summed E-state index contributed by atoms with van der Waals surface area (Å²) in [5.41, 5.74) is 9.06. The van der Waals surface area contributed by atoms with Crippen molar-refractivity contribution in [1.82, 2.24) is 5.32 Å². The maximum Gasteiger partial charge on any atom is 0.308 e. The Labute approximate surface area is 441 Å². The molecule has 16 nitrogen and oxygen atoms in total. The molecule has 392 valence electrons. The summed E-state index contributed by atoms with van der Waals surface area (Å²) in [4.78, 5) is 100. The topological polar surface area (TPSA) is 199 Å². The second-order valence-corrected chi connectivity index (χ2v) is 20.4. The van der Waals surface area contributed by atoms with Crippen molar-refractivity contribution >= 4 is 70.1 Å². The largest absolute Gasteiger partial charge is 0.493 e.